The lowest BCUT2D eigenvalue weighted by Crippen LogP contribution is -2.47. The lowest BCUT2D eigenvalue weighted by molar-refractivity contribution is -0.124. The summed E-state index contributed by atoms with van der Waals surface area (Å²) in [4.78, 5) is 12.2. The fraction of sp³-hybridized carbons (Fsp3) is 0.917. The predicted molar refractivity (Wildman–Crippen MR) is 73.2 cm³/mol. The topological polar surface area (TPSA) is 29.1 Å². The third-order valence-corrected chi connectivity index (χ3v) is 6.22. The van der Waals surface area contributed by atoms with Gasteiger partial charge < -0.3 is 5.32 Å². The summed E-state index contributed by atoms with van der Waals surface area (Å²) in [5, 5.41) is 4.29. The van der Waals surface area contributed by atoms with E-state index < -0.39 is 0 Å². The van der Waals surface area contributed by atoms with Crippen LogP contribution in [-0.2, 0) is 4.79 Å². The molecule has 3 unspecified atom stereocenters. The first-order chi connectivity index (χ1) is 7.65. The summed E-state index contributed by atoms with van der Waals surface area (Å²) in [6, 6.07) is 0.407. The Kier molecular flexibility index (Phi) is 4.22. The zero-order valence-corrected chi connectivity index (χ0v) is 12.2. The number of hydrogen-bond donors (Lipinski definition) is 1. The summed E-state index contributed by atoms with van der Waals surface area (Å²) in [6.07, 6.45) is 5.88. The number of amides is 1. The van der Waals surface area contributed by atoms with E-state index in [2.05, 4.69) is 28.2 Å². The standard InChI is InChI=1S/C12H20BrNOS/c1-12(6-3-7-16-12)11(15)14-10-5-2-4-9(10)8-13/h9-10H,2-8H2,1H3,(H,14,15). The van der Waals surface area contributed by atoms with Gasteiger partial charge in [-0.1, -0.05) is 22.4 Å². The summed E-state index contributed by atoms with van der Waals surface area (Å²) >= 11 is 5.37. The first-order valence-corrected chi connectivity index (χ1v) is 8.27. The zero-order valence-electron chi connectivity index (χ0n) is 9.80. The molecule has 4 heteroatoms. The van der Waals surface area contributed by atoms with Crippen LogP contribution in [-0.4, -0.2) is 27.8 Å². The molecule has 0 aromatic heterocycles. The molecule has 0 bridgehead atoms. The molecule has 16 heavy (non-hydrogen) atoms. The molecule has 1 saturated carbocycles. The molecule has 2 fully saturated rings. The van der Waals surface area contributed by atoms with Crippen molar-refractivity contribution < 1.29 is 4.79 Å². The van der Waals surface area contributed by atoms with Gasteiger partial charge in [0.25, 0.3) is 0 Å². The smallest absolute Gasteiger partial charge is 0.236 e. The summed E-state index contributed by atoms with van der Waals surface area (Å²) < 4.78 is -0.153. The monoisotopic (exact) mass is 305 g/mol. The summed E-state index contributed by atoms with van der Waals surface area (Å²) in [6.45, 7) is 2.10. The molecule has 0 aromatic rings. The fourth-order valence-corrected chi connectivity index (χ4v) is 4.68. The van der Waals surface area contributed by atoms with Gasteiger partial charge in [-0.15, -0.1) is 11.8 Å². The molecule has 3 atom stereocenters. The highest BCUT2D eigenvalue weighted by atomic mass is 79.9. The van der Waals surface area contributed by atoms with Gasteiger partial charge in [0.15, 0.2) is 0 Å². The number of carbonyl (C=O) groups is 1. The predicted octanol–water partition coefficient (Wildman–Crippen LogP) is 2.95. The number of nitrogens with one attached hydrogen (secondary N) is 1. The van der Waals surface area contributed by atoms with Crippen molar-refractivity contribution >= 4 is 33.6 Å². The van der Waals surface area contributed by atoms with E-state index in [0.717, 1.165) is 23.9 Å². The Morgan fingerprint density at radius 2 is 2.31 bits per heavy atom. The minimum atomic E-state index is -0.153. The summed E-state index contributed by atoms with van der Waals surface area (Å²) in [5.41, 5.74) is 0. The third kappa shape index (κ3) is 2.58. The van der Waals surface area contributed by atoms with E-state index in [4.69, 9.17) is 0 Å². The Morgan fingerprint density at radius 1 is 1.50 bits per heavy atom. The summed E-state index contributed by atoms with van der Waals surface area (Å²) in [5.74, 6) is 2.04. The SMILES string of the molecule is CC1(C(=O)NC2CCCC2CBr)CCCS1. The van der Waals surface area contributed by atoms with Crippen LogP contribution in [0.1, 0.15) is 39.0 Å². The summed E-state index contributed by atoms with van der Waals surface area (Å²) in [7, 11) is 0. The van der Waals surface area contributed by atoms with E-state index >= 15 is 0 Å². The second kappa shape index (κ2) is 5.30. The van der Waals surface area contributed by atoms with Crippen LogP contribution >= 0.6 is 27.7 Å². The molecule has 1 heterocycles. The van der Waals surface area contributed by atoms with Crippen LogP contribution in [0.15, 0.2) is 0 Å². The van der Waals surface area contributed by atoms with E-state index in [1.165, 1.54) is 19.3 Å². The molecule has 1 aliphatic carbocycles. The molecule has 0 spiro atoms. The van der Waals surface area contributed by atoms with E-state index in [1.54, 1.807) is 0 Å². The van der Waals surface area contributed by atoms with E-state index in [9.17, 15) is 4.79 Å². The maximum Gasteiger partial charge on any atom is 0.236 e. The van der Waals surface area contributed by atoms with Gasteiger partial charge in [0, 0.05) is 11.4 Å². The van der Waals surface area contributed by atoms with Crippen LogP contribution in [0.3, 0.4) is 0 Å². The highest BCUT2D eigenvalue weighted by molar-refractivity contribution is 9.09. The maximum absolute atomic E-state index is 12.2. The Hall–Kier alpha value is 0.300. The van der Waals surface area contributed by atoms with Crippen molar-refractivity contribution in [1.29, 1.82) is 0 Å². The molecule has 2 aliphatic rings. The van der Waals surface area contributed by atoms with Crippen LogP contribution in [0.2, 0.25) is 0 Å². The second-order valence-electron chi connectivity index (χ2n) is 5.11. The van der Waals surface area contributed by atoms with Crippen molar-refractivity contribution in [2.75, 3.05) is 11.1 Å². The lowest BCUT2D eigenvalue weighted by atomic mass is 10.0. The minimum absolute atomic E-state index is 0.153. The van der Waals surface area contributed by atoms with Gasteiger partial charge in [-0.2, -0.15) is 0 Å². The molecule has 1 saturated heterocycles. The van der Waals surface area contributed by atoms with Crippen LogP contribution in [0.25, 0.3) is 0 Å². The molecule has 1 amide bonds. The number of alkyl halides is 1. The van der Waals surface area contributed by atoms with Gasteiger partial charge in [0.05, 0.1) is 4.75 Å². The number of rotatable bonds is 3. The quantitative estimate of drug-likeness (QED) is 0.812. The van der Waals surface area contributed by atoms with Crippen LogP contribution < -0.4 is 5.32 Å². The van der Waals surface area contributed by atoms with Crippen LogP contribution in [0.4, 0.5) is 0 Å². The molecule has 2 rings (SSSR count). The molecule has 1 N–H and O–H groups in total. The van der Waals surface area contributed by atoms with Gasteiger partial charge in [0.1, 0.15) is 0 Å². The number of hydrogen-bond acceptors (Lipinski definition) is 2. The van der Waals surface area contributed by atoms with Gasteiger partial charge in [-0.05, 0) is 44.3 Å². The van der Waals surface area contributed by atoms with Gasteiger partial charge in [-0.25, -0.2) is 0 Å². The number of carbonyl (C=O) groups excluding carboxylic acids is 1. The van der Waals surface area contributed by atoms with Gasteiger partial charge in [0.2, 0.25) is 5.91 Å². The number of thioether (sulfide) groups is 1. The molecule has 0 radical (unpaired) electrons. The Labute approximate surface area is 110 Å². The highest BCUT2D eigenvalue weighted by Gasteiger charge is 2.39. The Balaban J connectivity index is 1.91. The number of halogens is 1. The van der Waals surface area contributed by atoms with E-state index in [0.29, 0.717) is 12.0 Å². The largest absolute Gasteiger partial charge is 0.352 e. The first kappa shape index (κ1) is 12.7. The van der Waals surface area contributed by atoms with Crippen molar-refractivity contribution in [2.24, 2.45) is 5.92 Å². The third-order valence-electron chi connectivity index (χ3n) is 3.87. The molecule has 0 aromatic carbocycles. The lowest BCUT2D eigenvalue weighted by Gasteiger charge is -2.26. The average Bonchev–Trinajstić information content (AvgIpc) is 2.87. The van der Waals surface area contributed by atoms with Crippen molar-refractivity contribution in [3.63, 3.8) is 0 Å². The Morgan fingerprint density at radius 3 is 2.94 bits per heavy atom. The zero-order chi connectivity index (χ0) is 11.6. The molecule has 1 aliphatic heterocycles. The van der Waals surface area contributed by atoms with Crippen LogP contribution in [0, 0.1) is 5.92 Å². The van der Waals surface area contributed by atoms with Crippen molar-refractivity contribution in [3.05, 3.63) is 0 Å². The molecular formula is C12H20BrNOS. The van der Waals surface area contributed by atoms with Crippen molar-refractivity contribution in [3.8, 4) is 0 Å². The first-order valence-electron chi connectivity index (χ1n) is 6.16. The van der Waals surface area contributed by atoms with Crippen molar-refractivity contribution in [2.45, 2.75) is 49.8 Å². The second-order valence-corrected chi connectivity index (χ2v) is 7.35. The van der Waals surface area contributed by atoms with E-state index in [1.807, 2.05) is 11.8 Å². The molecule has 92 valence electrons. The van der Waals surface area contributed by atoms with Gasteiger partial charge in [-0.3, -0.25) is 4.79 Å². The van der Waals surface area contributed by atoms with E-state index in [-0.39, 0.29) is 10.7 Å². The van der Waals surface area contributed by atoms with Crippen LogP contribution in [0.5, 0.6) is 0 Å². The van der Waals surface area contributed by atoms with Gasteiger partial charge >= 0.3 is 0 Å². The molecular weight excluding hydrogens is 286 g/mol. The Bertz CT molecular complexity index is 266. The van der Waals surface area contributed by atoms with Crippen molar-refractivity contribution in [1.82, 2.24) is 5.32 Å². The highest BCUT2D eigenvalue weighted by Crippen LogP contribution is 2.38. The molecule has 2 nitrogen and oxygen atoms in total. The average molecular weight is 306 g/mol. The maximum atomic E-state index is 12.2. The normalized spacial score (nSPS) is 38.9. The minimum Gasteiger partial charge on any atom is -0.352 e. The fourth-order valence-electron chi connectivity index (χ4n) is 2.69.